The van der Waals surface area contributed by atoms with Crippen LogP contribution in [0.5, 0.6) is 0 Å². The van der Waals surface area contributed by atoms with Crippen molar-refractivity contribution < 1.29 is 17.6 Å². The van der Waals surface area contributed by atoms with Crippen LogP contribution in [0, 0.1) is 5.82 Å². The lowest BCUT2D eigenvalue weighted by atomic mass is 9.87. The van der Waals surface area contributed by atoms with Crippen molar-refractivity contribution in [2.24, 2.45) is 10.7 Å². The third-order valence-corrected chi connectivity index (χ3v) is 8.13. The smallest absolute Gasteiger partial charge is 0.184 e. The Labute approximate surface area is 165 Å². The minimum Gasteiger partial charge on any atom is -0.379 e. The first-order valence-corrected chi connectivity index (χ1v) is 11.9. The number of thiophene rings is 1. The molecule has 1 aliphatic rings. The monoisotopic (exact) mass is 426 g/mol. The number of ketones is 1. The summed E-state index contributed by atoms with van der Waals surface area (Å²) in [6, 6.07) is 7.51. The standard InChI is InChI=1S/C18H19FN2O3S3/c1-18(7-8-25-17(20)21-18)12-9-11(3-4-13(12)19)10-14(22)15-5-6-16(26-15)27(2,23)24/h3-6,9H,7-8,10H2,1-2H3,(H2,20,21)/t18-/m0/s1. The Bertz CT molecular complexity index is 1030. The van der Waals surface area contributed by atoms with Gasteiger partial charge in [-0.15, -0.1) is 11.3 Å². The van der Waals surface area contributed by atoms with Gasteiger partial charge in [0.15, 0.2) is 20.8 Å². The molecular weight excluding hydrogens is 407 g/mol. The zero-order valence-electron chi connectivity index (χ0n) is 14.9. The van der Waals surface area contributed by atoms with Crippen molar-refractivity contribution in [1.82, 2.24) is 0 Å². The Hall–Kier alpha value is -1.71. The Morgan fingerprint density at radius 3 is 2.70 bits per heavy atom. The molecule has 1 aliphatic heterocycles. The van der Waals surface area contributed by atoms with Crippen molar-refractivity contribution in [3.8, 4) is 0 Å². The van der Waals surface area contributed by atoms with Crippen molar-refractivity contribution in [2.45, 2.75) is 29.5 Å². The molecule has 0 fully saturated rings. The summed E-state index contributed by atoms with van der Waals surface area (Å²) in [4.78, 5) is 17.3. The number of hydrogen-bond donors (Lipinski definition) is 1. The molecule has 0 saturated heterocycles. The van der Waals surface area contributed by atoms with E-state index in [-0.39, 0.29) is 22.2 Å². The number of carbonyl (C=O) groups is 1. The maximum atomic E-state index is 14.5. The van der Waals surface area contributed by atoms with Crippen LogP contribution in [0.1, 0.15) is 34.1 Å². The number of aliphatic imine (C=N–C) groups is 1. The molecule has 2 aromatic rings. The summed E-state index contributed by atoms with van der Waals surface area (Å²) in [5.74, 6) is 0.158. The lowest BCUT2D eigenvalue weighted by Gasteiger charge is -2.30. The van der Waals surface area contributed by atoms with E-state index in [0.717, 1.165) is 23.3 Å². The number of nitrogens with zero attached hydrogens (tertiary/aromatic N) is 1. The highest BCUT2D eigenvalue weighted by Crippen LogP contribution is 2.37. The van der Waals surface area contributed by atoms with Crippen LogP contribution in [0.15, 0.2) is 39.5 Å². The molecule has 0 radical (unpaired) electrons. The zero-order valence-corrected chi connectivity index (χ0v) is 17.3. The Morgan fingerprint density at radius 2 is 2.07 bits per heavy atom. The molecule has 0 aliphatic carbocycles. The number of amidine groups is 1. The average Bonchev–Trinajstić information content (AvgIpc) is 3.07. The van der Waals surface area contributed by atoms with Gasteiger partial charge >= 0.3 is 0 Å². The van der Waals surface area contributed by atoms with Gasteiger partial charge in [-0.1, -0.05) is 17.8 Å². The Balaban J connectivity index is 1.87. The van der Waals surface area contributed by atoms with E-state index in [1.54, 1.807) is 12.1 Å². The second kappa shape index (κ2) is 7.37. The fraction of sp³-hybridized carbons (Fsp3) is 0.333. The minimum absolute atomic E-state index is 0.0566. The van der Waals surface area contributed by atoms with Crippen LogP contribution >= 0.6 is 23.1 Å². The van der Waals surface area contributed by atoms with Crippen molar-refractivity contribution in [2.75, 3.05) is 12.0 Å². The summed E-state index contributed by atoms with van der Waals surface area (Å²) >= 11 is 2.39. The van der Waals surface area contributed by atoms with Gasteiger partial charge in [-0.25, -0.2) is 12.8 Å². The molecule has 1 atom stereocenters. The van der Waals surface area contributed by atoms with E-state index in [2.05, 4.69) is 4.99 Å². The number of rotatable bonds is 5. The fourth-order valence-corrected chi connectivity index (χ4v) is 5.76. The molecule has 3 rings (SSSR count). The summed E-state index contributed by atoms with van der Waals surface area (Å²) in [6.07, 6.45) is 1.81. The molecule has 2 N–H and O–H groups in total. The summed E-state index contributed by atoms with van der Waals surface area (Å²) in [5, 5.41) is 0.427. The maximum absolute atomic E-state index is 14.5. The SMILES string of the molecule is C[C@@]1(c2cc(CC(=O)c3ccc(S(C)(=O)=O)s3)ccc2F)CCSC(N)=N1. The summed E-state index contributed by atoms with van der Waals surface area (Å²) in [7, 11) is -3.34. The number of Topliss-reactive ketones (excluding diaryl/α,β-unsaturated/α-hetero) is 1. The van der Waals surface area contributed by atoms with Crippen molar-refractivity contribution in [3.63, 3.8) is 0 Å². The van der Waals surface area contributed by atoms with E-state index in [0.29, 0.717) is 27.6 Å². The van der Waals surface area contributed by atoms with Crippen LogP contribution < -0.4 is 5.73 Å². The molecule has 144 valence electrons. The van der Waals surface area contributed by atoms with Gasteiger partial charge in [0.05, 0.1) is 10.4 Å². The molecular formula is C18H19FN2O3S3. The quantitative estimate of drug-likeness (QED) is 0.741. The molecule has 0 bridgehead atoms. The lowest BCUT2D eigenvalue weighted by molar-refractivity contribution is 0.0996. The first kappa shape index (κ1) is 20.0. The molecule has 5 nitrogen and oxygen atoms in total. The van der Waals surface area contributed by atoms with Gasteiger partial charge in [0.25, 0.3) is 0 Å². The van der Waals surface area contributed by atoms with Gasteiger partial charge in [0, 0.05) is 24.0 Å². The van der Waals surface area contributed by atoms with E-state index < -0.39 is 15.4 Å². The van der Waals surface area contributed by atoms with Gasteiger partial charge in [-0.2, -0.15) is 0 Å². The van der Waals surface area contributed by atoms with Crippen LogP contribution in [0.3, 0.4) is 0 Å². The number of carbonyl (C=O) groups excluding carboxylic acids is 1. The number of sulfone groups is 1. The summed E-state index contributed by atoms with van der Waals surface area (Å²) in [6.45, 7) is 1.83. The minimum atomic E-state index is -3.34. The highest BCUT2D eigenvalue weighted by atomic mass is 32.2. The van der Waals surface area contributed by atoms with Crippen molar-refractivity contribution >= 4 is 43.9 Å². The van der Waals surface area contributed by atoms with E-state index >= 15 is 0 Å². The van der Waals surface area contributed by atoms with E-state index in [1.807, 2.05) is 6.92 Å². The van der Waals surface area contributed by atoms with Gasteiger partial charge < -0.3 is 5.73 Å². The molecule has 0 spiro atoms. The number of halogens is 1. The van der Waals surface area contributed by atoms with Gasteiger partial charge in [0.2, 0.25) is 0 Å². The number of thioether (sulfide) groups is 1. The molecule has 0 unspecified atom stereocenters. The Kier molecular flexibility index (Phi) is 5.47. The molecule has 9 heteroatoms. The van der Waals surface area contributed by atoms with E-state index in [9.17, 15) is 17.6 Å². The van der Waals surface area contributed by atoms with Gasteiger partial charge in [0.1, 0.15) is 10.0 Å². The number of benzene rings is 1. The topological polar surface area (TPSA) is 89.6 Å². The normalized spacial score (nSPS) is 20.3. The molecule has 1 aromatic carbocycles. The molecule has 0 saturated carbocycles. The first-order chi connectivity index (χ1) is 12.6. The maximum Gasteiger partial charge on any atom is 0.184 e. The highest BCUT2D eigenvalue weighted by Gasteiger charge is 2.32. The van der Waals surface area contributed by atoms with E-state index in [1.165, 1.54) is 30.0 Å². The molecule has 1 aromatic heterocycles. The predicted octanol–water partition coefficient (Wildman–Crippen LogP) is 3.38. The van der Waals surface area contributed by atoms with Crippen LogP contribution in [0.25, 0.3) is 0 Å². The fourth-order valence-electron chi connectivity index (χ4n) is 2.92. The summed E-state index contributed by atoms with van der Waals surface area (Å²) in [5.41, 5.74) is 6.13. The first-order valence-electron chi connectivity index (χ1n) is 8.19. The van der Waals surface area contributed by atoms with Crippen LogP contribution in [0.2, 0.25) is 0 Å². The second-order valence-electron chi connectivity index (χ2n) is 6.63. The number of nitrogens with two attached hydrogens (primary N) is 1. The third kappa shape index (κ3) is 4.41. The molecule has 2 heterocycles. The number of hydrogen-bond acceptors (Lipinski definition) is 7. The van der Waals surface area contributed by atoms with Gasteiger partial charge in [-0.05, 0) is 43.2 Å². The summed E-state index contributed by atoms with van der Waals surface area (Å²) < 4.78 is 37.8. The molecule has 0 amide bonds. The Morgan fingerprint density at radius 1 is 1.33 bits per heavy atom. The van der Waals surface area contributed by atoms with Crippen molar-refractivity contribution in [1.29, 1.82) is 0 Å². The van der Waals surface area contributed by atoms with Crippen LogP contribution in [-0.2, 0) is 21.8 Å². The average molecular weight is 427 g/mol. The van der Waals surface area contributed by atoms with Crippen LogP contribution in [-0.4, -0.2) is 31.4 Å². The van der Waals surface area contributed by atoms with E-state index in [4.69, 9.17) is 5.73 Å². The second-order valence-corrected chi connectivity index (χ2v) is 11.1. The van der Waals surface area contributed by atoms with Gasteiger partial charge in [-0.3, -0.25) is 9.79 Å². The highest BCUT2D eigenvalue weighted by molar-refractivity contribution is 8.13. The predicted molar refractivity (Wildman–Crippen MR) is 108 cm³/mol. The molecule has 27 heavy (non-hydrogen) atoms. The lowest BCUT2D eigenvalue weighted by Crippen LogP contribution is -2.29. The third-order valence-electron chi connectivity index (χ3n) is 4.39. The largest absolute Gasteiger partial charge is 0.379 e. The zero-order chi connectivity index (χ0) is 19.8. The van der Waals surface area contributed by atoms with Crippen molar-refractivity contribution in [3.05, 3.63) is 52.2 Å². The van der Waals surface area contributed by atoms with Crippen LogP contribution in [0.4, 0.5) is 4.39 Å².